The molecule has 0 aromatic rings. The van der Waals surface area contributed by atoms with Crippen molar-refractivity contribution in [1.29, 1.82) is 0 Å². The van der Waals surface area contributed by atoms with Gasteiger partial charge in [-0.05, 0) is 12.8 Å². The van der Waals surface area contributed by atoms with E-state index in [0.29, 0.717) is 0 Å². The van der Waals surface area contributed by atoms with E-state index in [4.69, 9.17) is 4.74 Å². The molecule has 1 nitrogen and oxygen atoms in total. The van der Waals surface area contributed by atoms with E-state index < -0.39 is 0 Å². The Bertz CT molecular complexity index is 79.4. The highest BCUT2D eigenvalue weighted by molar-refractivity contribution is 4.43. The fourth-order valence-corrected chi connectivity index (χ4v) is 1.54. The molecule has 102 valence electrons. The van der Waals surface area contributed by atoms with Crippen LogP contribution in [0.25, 0.3) is 0 Å². The largest absolute Gasteiger partial charge is 0.381 e. The number of hydrogen-bond acceptors (Lipinski definition) is 1. The van der Waals surface area contributed by atoms with Crippen LogP contribution in [-0.4, -0.2) is 13.2 Å². The Kier molecular flexibility index (Phi) is 27.1. The van der Waals surface area contributed by atoms with Crippen molar-refractivity contribution in [2.75, 3.05) is 13.2 Å². The Labute approximate surface area is 105 Å². The average molecular weight is 232 g/mol. The molecule has 0 aliphatic heterocycles. The van der Waals surface area contributed by atoms with E-state index in [2.05, 4.69) is 13.8 Å². The Morgan fingerprint density at radius 1 is 0.562 bits per heavy atom. The normalized spacial score (nSPS) is 9.38. The fourth-order valence-electron chi connectivity index (χ4n) is 1.54. The lowest BCUT2D eigenvalue weighted by atomic mass is 10.2. The van der Waals surface area contributed by atoms with Gasteiger partial charge in [-0.3, -0.25) is 0 Å². The molecule has 0 N–H and O–H groups in total. The molecular formula is C15H36O. The summed E-state index contributed by atoms with van der Waals surface area (Å²) in [7, 11) is 0. The van der Waals surface area contributed by atoms with Crippen LogP contribution in [0.4, 0.5) is 0 Å². The summed E-state index contributed by atoms with van der Waals surface area (Å²) in [5, 5.41) is 0. The van der Waals surface area contributed by atoms with Crippen molar-refractivity contribution in [2.24, 2.45) is 0 Å². The summed E-state index contributed by atoms with van der Waals surface area (Å²) in [5.74, 6) is 0. The van der Waals surface area contributed by atoms with Crippen molar-refractivity contribution in [3.05, 3.63) is 0 Å². The molecule has 0 aliphatic carbocycles. The van der Waals surface area contributed by atoms with Gasteiger partial charge in [0.1, 0.15) is 0 Å². The molecule has 0 atom stereocenters. The third-order valence-corrected chi connectivity index (χ3v) is 2.53. The van der Waals surface area contributed by atoms with Crippen LogP contribution in [0.5, 0.6) is 0 Å². The van der Waals surface area contributed by atoms with Crippen LogP contribution in [0.3, 0.4) is 0 Å². The van der Waals surface area contributed by atoms with Gasteiger partial charge in [0.05, 0.1) is 0 Å². The van der Waals surface area contributed by atoms with Crippen molar-refractivity contribution < 1.29 is 4.74 Å². The zero-order valence-corrected chi connectivity index (χ0v) is 10.2. The Morgan fingerprint density at radius 2 is 0.938 bits per heavy atom. The Hall–Kier alpha value is -0.0400. The molecule has 0 unspecified atom stereocenters. The maximum Gasteiger partial charge on any atom is 0.0466 e. The van der Waals surface area contributed by atoms with Gasteiger partial charge in [-0.15, -0.1) is 0 Å². The van der Waals surface area contributed by atoms with Crippen molar-refractivity contribution in [3.63, 3.8) is 0 Å². The topological polar surface area (TPSA) is 9.23 Å². The zero-order chi connectivity index (χ0) is 10.5. The summed E-state index contributed by atoms with van der Waals surface area (Å²) in [5.41, 5.74) is 0. The summed E-state index contributed by atoms with van der Waals surface area (Å²) in [6.45, 7) is 6.46. The molecule has 0 radical (unpaired) electrons. The average Bonchev–Trinajstić information content (AvgIpc) is 2.21. The van der Waals surface area contributed by atoms with Gasteiger partial charge < -0.3 is 4.74 Å². The standard InChI is InChI=1S/C13H28O.2CH4/c1-3-5-7-9-11-13-14-12-10-8-6-4-2;;/h3-13H2,1-2H3;2*1H4. The van der Waals surface area contributed by atoms with Crippen LogP contribution in [0.15, 0.2) is 0 Å². The molecule has 0 heterocycles. The Morgan fingerprint density at radius 3 is 1.38 bits per heavy atom. The van der Waals surface area contributed by atoms with E-state index in [1.807, 2.05) is 0 Å². The van der Waals surface area contributed by atoms with Crippen LogP contribution in [0.1, 0.15) is 86.5 Å². The van der Waals surface area contributed by atoms with Gasteiger partial charge >= 0.3 is 0 Å². The van der Waals surface area contributed by atoms with E-state index in [1.54, 1.807) is 0 Å². The molecule has 0 spiro atoms. The first-order valence-corrected chi connectivity index (χ1v) is 6.49. The molecule has 0 saturated heterocycles. The highest BCUT2D eigenvalue weighted by Gasteiger charge is 1.91. The minimum absolute atomic E-state index is 0. The highest BCUT2D eigenvalue weighted by atomic mass is 16.5. The molecule has 0 aromatic heterocycles. The third-order valence-electron chi connectivity index (χ3n) is 2.53. The second-order valence-electron chi connectivity index (χ2n) is 4.09. The van der Waals surface area contributed by atoms with Crippen LogP contribution in [0.2, 0.25) is 0 Å². The van der Waals surface area contributed by atoms with E-state index >= 15 is 0 Å². The number of unbranched alkanes of at least 4 members (excludes halogenated alkanes) is 7. The van der Waals surface area contributed by atoms with Crippen LogP contribution in [0, 0.1) is 0 Å². The van der Waals surface area contributed by atoms with Gasteiger partial charge in [0.2, 0.25) is 0 Å². The first-order valence-electron chi connectivity index (χ1n) is 6.49. The van der Waals surface area contributed by atoms with Gasteiger partial charge in [0.15, 0.2) is 0 Å². The molecule has 0 saturated carbocycles. The predicted molar refractivity (Wildman–Crippen MR) is 77.2 cm³/mol. The smallest absolute Gasteiger partial charge is 0.0466 e. The first-order chi connectivity index (χ1) is 6.91. The lowest BCUT2D eigenvalue weighted by molar-refractivity contribution is 0.126. The highest BCUT2D eigenvalue weighted by Crippen LogP contribution is 2.03. The summed E-state index contributed by atoms with van der Waals surface area (Å²) in [6.07, 6.45) is 12.0. The molecular weight excluding hydrogens is 196 g/mol. The quantitative estimate of drug-likeness (QED) is 0.407. The monoisotopic (exact) mass is 232 g/mol. The number of hydrogen-bond donors (Lipinski definition) is 0. The second-order valence-corrected chi connectivity index (χ2v) is 4.09. The third kappa shape index (κ3) is 19.5. The van der Waals surface area contributed by atoms with Gasteiger partial charge in [-0.25, -0.2) is 0 Å². The maximum atomic E-state index is 5.56. The molecule has 0 fully saturated rings. The summed E-state index contributed by atoms with van der Waals surface area (Å²) < 4.78 is 5.56. The molecule has 0 rings (SSSR count). The van der Waals surface area contributed by atoms with E-state index in [-0.39, 0.29) is 14.9 Å². The molecule has 16 heavy (non-hydrogen) atoms. The van der Waals surface area contributed by atoms with Crippen molar-refractivity contribution >= 4 is 0 Å². The SMILES string of the molecule is C.C.CCCCCCCOCCCCCC. The summed E-state index contributed by atoms with van der Waals surface area (Å²) in [6, 6.07) is 0. The zero-order valence-electron chi connectivity index (χ0n) is 10.2. The minimum atomic E-state index is 0. The first kappa shape index (κ1) is 21.3. The Balaban J connectivity index is -0.000000845. The number of ether oxygens (including phenoxy) is 1. The second kappa shape index (κ2) is 20.4. The molecule has 0 aromatic carbocycles. The summed E-state index contributed by atoms with van der Waals surface area (Å²) in [4.78, 5) is 0. The van der Waals surface area contributed by atoms with E-state index in [0.717, 1.165) is 13.2 Å². The summed E-state index contributed by atoms with van der Waals surface area (Å²) >= 11 is 0. The van der Waals surface area contributed by atoms with Crippen molar-refractivity contribution in [3.8, 4) is 0 Å². The van der Waals surface area contributed by atoms with Crippen molar-refractivity contribution in [1.82, 2.24) is 0 Å². The molecule has 0 amide bonds. The van der Waals surface area contributed by atoms with E-state index in [1.165, 1.54) is 57.8 Å². The van der Waals surface area contributed by atoms with Crippen LogP contribution >= 0.6 is 0 Å². The number of rotatable bonds is 11. The van der Waals surface area contributed by atoms with Crippen LogP contribution in [-0.2, 0) is 4.74 Å². The predicted octanol–water partition coefficient (Wildman–Crippen LogP) is 5.83. The molecule has 0 bridgehead atoms. The molecule has 0 aliphatic rings. The van der Waals surface area contributed by atoms with E-state index in [9.17, 15) is 0 Å². The van der Waals surface area contributed by atoms with Gasteiger partial charge in [-0.1, -0.05) is 73.6 Å². The van der Waals surface area contributed by atoms with Gasteiger partial charge in [-0.2, -0.15) is 0 Å². The lowest BCUT2D eigenvalue weighted by Gasteiger charge is -2.03. The maximum absolute atomic E-state index is 5.56. The van der Waals surface area contributed by atoms with Gasteiger partial charge in [0.25, 0.3) is 0 Å². The lowest BCUT2D eigenvalue weighted by Crippen LogP contribution is -1.97. The van der Waals surface area contributed by atoms with Crippen LogP contribution < -0.4 is 0 Å². The minimum Gasteiger partial charge on any atom is -0.381 e. The molecule has 1 heteroatoms. The fraction of sp³-hybridized carbons (Fsp3) is 1.00. The van der Waals surface area contributed by atoms with Crippen molar-refractivity contribution in [2.45, 2.75) is 86.5 Å². The van der Waals surface area contributed by atoms with Gasteiger partial charge in [0, 0.05) is 13.2 Å².